The number of aromatic nitrogens is 2. The Kier molecular flexibility index (Phi) is 4.42. The van der Waals surface area contributed by atoms with Crippen LogP contribution < -0.4 is 10.5 Å². The van der Waals surface area contributed by atoms with Crippen LogP contribution in [-0.4, -0.2) is 9.78 Å². The Hall–Kier alpha value is -0.850. The minimum Gasteiger partial charge on any atom is -0.486 e. The van der Waals surface area contributed by atoms with E-state index in [2.05, 4.69) is 37.0 Å². The third-order valence-corrected chi connectivity index (χ3v) is 3.61. The van der Waals surface area contributed by atoms with Gasteiger partial charge in [-0.3, -0.25) is 4.68 Å². The molecule has 0 aliphatic rings. The van der Waals surface area contributed by atoms with E-state index in [0.29, 0.717) is 13.2 Å². The van der Waals surface area contributed by atoms with E-state index in [-0.39, 0.29) is 0 Å². The number of hydrogen-bond acceptors (Lipinski definition) is 3. The molecule has 0 saturated heterocycles. The summed E-state index contributed by atoms with van der Waals surface area (Å²) in [6.45, 7) is 0.979. The molecular weight excluding hydrogens is 362 g/mol. The van der Waals surface area contributed by atoms with E-state index in [9.17, 15) is 0 Å². The second-order valence-electron chi connectivity index (χ2n) is 3.90. The van der Waals surface area contributed by atoms with Gasteiger partial charge in [-0.2, -0.15) is 5.10 Å². The summed E-state index contributed by atoms with van der Waals surface area (Å²) in [7, 11) is 1.88. The van der Waals surface area contributed by atoms with Crippen LogP contribution in [0.1, 0.15) is 11.1 Å². The van der Waals surface area contributed by atoms with Gasteiger partial charge in [-0.15, -0.1) is 0 Å². The first kappa shape index (κ1) is 13.6. The van der Waals surface area contributed by atoms with Crippen molar-refractivity contribution >= 4 is 31.9 Å². The first-order valence-corrected chi connectivity index (χ1v) is 6.97. The molecule has 18 heavy (non-hydrogen) atoms. The highest BCUT2D eigenvalue weighted by molar-refractivity contribution is 9.11. The van der Waals surface area contributed by atoms with Crippen molar-refractivity contribution in [1.82, 2.24) is 9.78 Å². The van der Waals surface area contributed by atoms with Gasteiger partial charge < -0.3 is 10.5 Å². The Morgan fingerprint density at radius 1 is 1.28 bits per heavy atom. The van der Waals surface area contributed by atoms with E-state index in [1.165, 1.54) is 0 Å². The molecule has 0 saturated carbocycles. The highest BCUT2D eigenvalue weighted by atomic mass is 79.9. The minimum atomic E-state index is 0.479. The summed E-state index contributed by atoms with van der Waals surface area (Å²) >= 11 is 6.97. The van der Waals surface area contributed by atoms with Gasteiger partial charge in [0.2, 0.25) is 0 Å². The summed E-state index contributed by atoms with van der Waals surface area (Å²) in [5, 5.41) is 4.10. The SMILES string of the molecule is Cn1cc(COc2c(Br)cc(CN)cc2Br)cn1. The van der Waals surface area contributed by atoms with Gasteiger partial charge in [0.05, 0.1) is 15.1 Å². The summed E-state index contributed by atoms with van der Waals surface area (Å²) in [4.78, 5) is 0. The Labute approximate surface area is 122 Å². The van der Waals surface area contributed by atoms with Crippen LogP contribution in [0.25, 0.3) is 0 Å². The first-order valence-electron chi connectivity index (χ1n) is 5.38. The van der Waals surface area contributed by atoms with E-state index in [1.54, 1.807) is 10.9 Å². The lowest BCUT2D eigenvalue weighted by Gasteiger charge is -2.11. The molecule has 0 aliphatic carbocycles. The monoisotopic (exact) mass is 373 g/mol. The average Bonchev–Trinajstić information content (AvgIpc) is 2.73. The zero-order chi connectivity index (χ0) is 13.1. The molecule has 1 heterocycles. The Morgan fingerprint density at radius 3 is 2.44 bits per heavy atom. The van der Waals surface area contributed by atoms with Gasteiger partial charge in [-0.1, -0.05) is 0 Å². The largest absolute Gasteiger partial charge is 0.486 e. The lowest BCUT2D eigenvalue weighted by Crippen LogP contribution is -2.00. The molecule has 2 rings (SSSR count). The maximum atomic E-state index is 5.78. The predicted octanol–water partition coefficient (Wildman–Crippen LogP) is 2.98. The van der Waals surface area contributed by atoms with E-state index >= 15 is 0 Å². The van der Waals surface area contributed by atoms with E-state index < -0.39 is 0 Å². The number of ether oxygens (including phenoxy) is 1. The Bertz CT molecular complexity index is 531. The van der Waals surface area contributed by atoms with Crippen molar-refractivity contribution in [2.24, 2.45) is 12.8 Å². The Morgan fingerprint density at radius 2 is 1.94 bits per heavy atom. The maximum Gasteiger partial charge on any atom is 0.148 e. The van der Waals surface area contributed by atoms with Crippen LogP contribution in [0.4, 0.5) is 0 Å². The number of nitrogens with two attached hydrogens (primary N) is 1. The van der Waals surface area contributed by atoms with Gasteiger partial charge in [0.1, 0.15) is 12.4 Å². The molecule has 2 aromatic rings. The molecule has 6 heteroatoms. The highest BCUT2D eigenvalue weighted by Gasteiger charge is 2.09. The summed E-state index contributed by atoms with van der Waals surface area (Å²) in [5.74, 6) is 0.774. The first-order chi connectivity index (χ1) is 8.60. The van der Waals surface area contributed by atoms with Crippen LogP contribution >= 0.6 is 31.9 Å². The third kappa shape index (κ3) is 3.13. The fourth-order valence-electron chi connectivity index (χ4n) is 1.57. The average molecular weight is 375 g/mol. The maximum absolute atomic E-state index is 5.78. The second kappa shape index (κ2) is 5.86. The normalized spacial score (nSPS) is 10.7. The van der Waals surface area contributed by atoms with Crippen molar-refractivity contribution in [3.63, 3.8) is 0 Å². The van der Waals surface area contributed by atoms with Crippen LogP contribution in [0.5, 0.6) is 5.75 Å². The van der Waals surface area contributed by atoms with Crippen molar-refractivity contribution in [3.8, 4) is 5.75 Å². The second-order valence-corrected chi connectivity index (χ2v) is 5.61. The number of rotatable bonds is 4. The quantitative estimate of drug-likeness (QED) is 0.894. The molecule has 0 bridgehead atoms. The van der Waals surface area contributed by atoms with E-state index in [0.717, 1.165) is 25.8 Å². The van der Waals surface area contributed by atoms with Gasteiger partial charge in [0, 0.05) is 25.4 Å². The minimum absolute atomic E-state index is 0.479. The van der Waals surface area contributed by atoms with Crippen molar-refractivity contribution in [2.45, 2.75) is 13.2 Å². The van der Waals surface area contributed by atoms with Crippen molar-refractivity contribution < 1.29 is 4.74 Å². The molecule has 96 valence electrons. The van der Waals surface area contributed by atoms with Crippen LogP contribution in [-0.2, 0) is 20.2 Å². The van der Waals surface area contributed by atoms with E-state index in [1.807, 2.05) is 25.4 Å². The van der Waals surface area contributed by atoms with Gasteiger partial charge >= 0.3 is 0 Å². The molecule has 0 aliphatic heterocycles. The fourth-order valence-corrected chi connectivity index (χ4v) is 3.08. The molecule has 1 aromatic heterocycles. The van der Waals surface area contributed by atoms with Gasteiger partial charge in [-0.25, -0.2) is 0 Å². The molecule has 2 N–H and O–H groups in total. The smallest absolute Gasteiger partial charge is 0.148 e. The molecule has 0 unspecified atom stereocenters. The summed E-state index contributed by atoms with van der Waals surface area (Å²) in [6.07, 6.45) is 3.71. The predicted molar refractivity (Wildman–Crippen MR) is 77.3 cm³/mol. The van der Waals surface area contributed by atoms with Crippen LogP contribution in [0.2, 0.25) is 0 Å². The summed E-state index contributed by atoms with van der Waals surface area (Å²) in [6, 6.07) is 3.92. The lowest BCUT2D eigenvalue weighted by molar-refractivity contribution is 0.302. The molecule has 4 nitrogen and oxygen atoms in total. The molecule has 1 aromatic carbocycles. The lowest BCUT2D eigenvalue weighted by atomic mass is 10.2. The third-order valence-electron chi connectivity index (χ3n) is 2.44. The number of benzene rings is 1. The van der Waals surface area contributed by atoms with Crippen LogP contribution in [0.15, 0.2) is 33.5 Å². The van der Waals surface area contributed by atoms with Gasteiger partial charge in [0.15, 0.2) is 0 Å². The molecular formula is C12H13Br2N3O. The van der Waals surface area contributed by atoms with Gasteiger partial charge in [0.25, 0.3) is 0 Å². The molecule has 0 amide bonds. The summed E-state index contributed by atoms with van der Waals surface area (Å²) < 4.78 is 9.31. The van der Waals surface area contributed by atoms with Crippen molar-refractivity contribution in [2.75, 3.05) is 0 Å². The standard InChI is InChI=1S/C12H13Br2N3O/c1-17-6-9(5-16-17)7-18-12-10(13)2-8(4-15)3-11(12)14/h2-3,5-6H,4,7,15H2,1H3. The number of aryl methyl sites for hydroxylation is 1. The van der Waals surface area contributed by atoms with Gasteiger partial charge in [-0.05, 0) is 49.6 Å². The molecule has 0 radical (unpaired) electrons. The topological polar surface area (TPSA) is 53.1 Å². The zero-order valence-electron chi connectivity index (χ0n) is 9.86. The van der Waals surface area contributed by atoms with Crippen LogP contribution in [0.3, 0.4) is 0 Å². The van der Waals surface area contributed by atoms with E-state index in [4.69, 9.17) is 10.5 Å². The molecule has 0 spiro atoms. The van der Waals surface area contributed by atoms with Crippen LogP contribution in [0, 0.1) is 0 Å². The molecule has 0 atom stereocenters. The van der Waals surface area contributed by atoms with Crippen molar-refractivity contribution in [3.05, 3.63) is 44.6 Å². The number of hydrogen-bond donors (Lipinski definition) is 1. The Balaban J connectivity index is 2.14. The number of nitrogens with zero attached hydrogens (tertiary/aromatic N) is 2. The highest BCUT2D eigenvalue weighted by Crippen LogP contribution is 2.35. The zero-order valence-corrected chi connectivity index (χ0v) is 13.0. The number of halogens is 2. The fraction of sp³-hybridized carbons (Fsp3) is 0.250. The molecule has 0 fully saturated rings. The summed E-state index contributed by atoms with van der Waals surface area (Å²) in [5.41, 5.74) is 7.68. The van der Waals surface area contributed by atoms with Crippen molar-refractivity contribution in [1.29, 1.82) is 0 Å².